The van der Waals surface area contributed by atoms with E-state index in [1.165, 1.54) is 0 Å². The first-order valence-corrected chi connectivity index (χ1v) is 9.16. The summed E-state index contributed by atoms with van der Waals surface area (Å²) in [4.78, 5) is 15.9. The summed E-state index contributed by atoms with van der Waals surface area (Å²) in [5, 5.41) is 4.90. The van der Waals surface area contributed by atoms with Crippen LogP contribution in [0.3, 0.4) is 0 Å². The van der Waals surface area contributed by atoms with E-state index in [1.54, 1.807) is 10.7 Å². The van der Waals surface area contributed by atoms with Gasteiger partial charge in [0.25, 0.3) is 5.91 Å². The first-order chi connectivity index (χ1) is 13.1. The molecule has 0 saturated carbocycles. The first-order valence-electron chi connectivity index (χ1n) is 8.79. The Balaban J connectivity index is 1.99. The normalized spacial score (nSPS) is 10.9. The number of hydrogen-bond acceptors (Lipinski definition) is 4. The molecule has 1 amide bonds. The van der Waals surface area contributed by atoms with Crippen molar-refractivity contribution in [2.75, 3.05) is 6.61 Å². The second-order valence-corrected chi connectivity index (χ2v) is 6.49. The van der Waals surface area contributed by atoms with Crippen molar-refractivity contribution in [2.45, 2.75) is 26.4 Å². The number of carbonyl (C=O) groups is 1. The zero-order chi connectivity index (χ0) is 19.2. The van der Waals surface area contributed by atoms with Crippen LogP contribution in [0.4, 0.5) is 0 Å². The number of ether oxygens (including phenoxy) is 1. The first kappa shape index (κ1) is 19.1. The van der Waals surface area contributed by atoms with Gasteiger partial charge in [0.15, 0.2) is 5.82 Å². The van der Waals surface area contributed by atoms with Crippen LogP contribution in [-0.2, 0) is 11.3 Å². The lowest BCUT2D eigenvalue weighted by Gasteiger charge is -2.10. The Labute approximate surface area is 162 Å². The molecule has 0 saturated heterocycles. The molecule has 0 aliphatic rings. The van der Waals surface area contributed by atoms with Crippen molar-refractivity contribution in [3.8, 4) is 17.1 Å². The van der Waals surface area contributed by atoms with Crippen LogP contribution in [0.15, 0.2) is 48.5 Å². The maximum atomic E-state index is 11.6. The van der Waals surface area contributed by atoms with Crippen LogP contribution in [0.1, 0.15) is 35.9 Å². The van der Waals surface area contributed by atoms with Crippen molar-refractivity contribution in [3.63, 3.8) is 0 Å². The molecule has 27 heavy (non-hydrogen) atoms. The van der Waals surface area contributed by atoms with Crippen molar-refractivity contribution >= 4 is 17.5 Å². The number of primary amides is 1. The summed E-state index contributed by atoms with van der Waals surface area (Å²) < 4.78 is 7.28. The Bertz CT molecular complexity index is 925. The monoisotopic (exact) mass is 384 g/mol. The number of halogens is 1. The van der Waals surface area contributed by atoms with Crippen molar-refractivity contribution in [2.24, 2.45) is 5.73 Å². The lowest BCUT2D eigenvalue weighted by Crippen LogP contribution is -2.13. The number of amides is 1. The molecule has 0 radical (unpaired) electrons. The standard InChI is InChI=1S/C20H21ClN4O2/c1-2-3-11-27-13-15-12-16(9-10-17(15)21)25-20(14-7-5-4-6-8-14)23-19(24-25)18(22)26/h4-10,12H,2-3,11,13H2,1H3,(H2,22,26). The Kier molecular flexibility index (Phi) is 6.21. The number of unbranched alkanes of at least 4 members (excludes halogenated alkanes) is 1. The predicted octanol–water partition coefficient (Wildman–Crippen LogP) is 4.00. The second-order valence-electron chi connectivity index (χ2n) is 6.08. The lowest BCUT2D eigenvalue weighted by atomic mass is 10.2. The third kappa shape index (κ3) is 4.53. The minimum atomic E-state index is -0.678. The maximum Gasteiger partial charge on any atom is 0.288 e. The van der Waals surface area contributed by atoms with E-state index in [-0.39, 0.29) is 5.82 Å². The number of nitrogens with zero attached hydrogens (tertiary/aromatic N) is 3. The van der Waals surface area contributed by atoms with Gasteiger partial charge in [-0.2, -0.15) is 0 Å². The number of rotatable bonds is 8. The lowest BCUT2D eigenvalue weighted by molar-refractivity contribution is 0.0990. The number of nitrogens with two attached hydrogens (primary N) is 1. The van der Waals surface area contributed by atoms with Crippen LogP contribution in [0.25, 0.3) is 17.1 Å². The molecule has 3 aromatic rings. The van der Waals surface area contributed by atoms with Crippen LogP contribution >= 0.6 is 11.6 Å². The van der Waals surface area contributed by atoms with Gasteiger partial charge in [-0.1, -0.05) is 55.3 Å². The van der Waals surface area contributed by atoms with Gasteiger partial charge in [-0.15, -0.1) is 5.10 Å². The number of benzene rings is 2. The van der Waals surface area contributed by atoms with Crippen LogP contribution in [0, 0.1) is 0 Å². The van der Waals surface area contributed by atoms with Crippen LogP contribution in [0.5, 0.6) is 0 Å². The molecule has 2 aromatic carbocycles. The van der Waals surface area contributed by atoms with E-state index in [1.807, 2.05) is 42.5 Å². The van der Waals surface area contributed by atoms with Crippen LogP contribution in [0.2, 0.25) is 5.02 Å². The second kappa shape index (κ2) is 8.79. The highest BCUT2D eigenvalue weighted by Gasteiger charge is 2.17. The SMILES string of the molecule is CCCCOCc1cc(-n2nc(C(N)=O)nc2-c2ccccc2)ccc1Cl. The molecule has 1 heterocycles. The Morgan fingerprint density at radius 1 is 1.22 bits per heavy atom. The van der Waals surface area contributed by atoms with Crippen molar-refractivity contribution in [1.82, 2.24) is 14.8 Å². The molecule has 0 bridgehead atoms. The van der Waals surface area contributed by atoms with Gasteiger partial charge in [0.2, 0.25) is 5.82 Å². The topological polar surface area (TPSA) is 83.0 Å². The quantitative estimate of drug-likeness (QED) is 0.595. The predicted molar refractivity (Wildman–Crippen MR) is 105 cm³/mol. The van der Waals surface area contributed by atoms with E-state index in [9.17, 15) is 4.79 Å². The maximum absolute atomic E-state index is 11.6. The third-order valence-corrected chi connectivity index (χ3v) is 4.40. The van der Waals surface area contributed by atoms with Gasteiger partial charge in [-0.25, -0.2) is 9.67 Å². The summed E-state index contributed by atoms with van der Waals surface area (Å²) in [7, 11) is 0. The van der Waals surface area contributed by atoms with Crippen LogP contribution < -0.4 is 5.73 Å². The van der Waals surface area contributed by atoms with Gasteiger partial charge >= 0.3 is 0 Å². The summed E-state index contributed by atoms with van der Waals surface area (Å²) in [5.74, 6) is -0.183. The zero-order valence-electron chi connectivity index (χ0n) is 15.1. The molecule has 2 N–H and O–H groups in total. The fraction of sp³-hybridized carbons (Fsp3) is 0.250. The molecule has 0 aliphatic carbocycles. The largest absolute Gasteiger partial charge is 0.377 e. The molecule has 3 rings (SSSR count). The van der Waals surface area contributed by atoms with Gasteiger partial charge in [-0.3, -0.25) is 4.79 Å². The van der Waals surface area contributed by atoms with E-state index >= 15 is 0 Å². The molecule has 0 fully saturated rings. The summed E-state index contributed by atoms with van der Waals surface area (Å²) in [5.41, 5.74) is 7.79. The van der Waals surface area contributed by atoms with Crippen molar-refractivity contribution < 1.29 is 9.53 Å². The molecule has 0 aliphatic heterocycles. The average molecular weight is 385 g/mol. The molecule has 1 aromatic heterocycles. The Morgan fingerprint density at radius 2 is 2.00 bits per heavy atom. The minimum absolute atomic E-state index is 0.0375. The van der Waals surface area contributed by atoms with E-state index < -0.39 is 5.91 Å². The highest BCUT2D eigenvalue weighted by molar-refractivity contribution is 6.31. The molecule has 140 valence electrons. The van der Waals surface area contributed by atoms with E-state index in [2.05, 4.69) is 17.0 Å². The molecule has 7 heteroatoms. The van der Waals surface area contributed by atoms with E-state index in [0.29, 0.717) is 24.1 Å². The molecular formula is C20H21ClN4O2. The summed E-state index contributed by atoms with van der Waals surface area (Å²) in [6.45, 7) is 3.20. The zero-order valence-corrected chi connectivity index (χ0v) is 15.8. The van der Waals surface area contributed by atoms with Gasteiger partial charge in [0, 0.05) is 17.2 Å². The molecule has 0 unspecified atom stereocenters. The van der Waals surface area contributed by atoms with Crippen LogP contribution in [-0.4, -0.2) is 27.3 Å². The van der Waals surface area contributed by atoms with Gasteiger partial charge in [0.05, 0.1) is 12.3 Å². The summed E-state index contributed by atoms with van der Waals surface area (Å²) >= 11 is 6.31. The fourth-order valence-electron chi connectivity index (χ4n) is 2.60. The van der Waals surface area contributed by atoms with E-state index in [4.69, 9.17) is 22.1 Å². The number of aromatic nitrogens is 3. The van der Waals surface area contributed by atoms with Crippen molar-refractivity contribution in [3.05, 3.63) is 64.9 Å². The average Bonchev–Trinajstić information content (AvgIpc) is 3.13. The molecule has 0 atom stereocenters. The fourth-order valence-corrected chi connectivity index (χ4v) is 2.77. The Hall–Kier alpha value is -2.70. The number of hydrogen-bond donors (Lipinski definition) is 1. The summed E-state index contributed by atoms with van der Waals surface area (Å²) in [6.07, 6.45) is 2.07. The highest BCUT2D eigenvalue weighted by atomic mass is 35.5. The highest BCUT2D eigenvalue weighted by Crippen LogP contribution is 2.25. The Morgan fingerprint density at radius 3 is 2.70 bits per heavy atom. The minimum Gasteiger partial charge on any atom is -0.377 e. The summed E-state index contributed by atoms with van der Waals surface area (Å²) in [6, 6.07) is 15.0. The molecule has 6 nitrogen and oxygen atoms in total. The molecular weight excluding hydrogens is 364 g/mol. The van der Waals surface area contributed by atoms with Gasteiger partial charge < -0.3 is 10.5 Å². The third-order valence-electron chi connectivity index (χ3n) is 4.03. The van der Waals surface area contributed by atoms with E-state index in [0.717, 1.165) is 29.7 Å². The number of carbonyl (C=O) groups excluding carboxylic acids is 1. The van der Waals surface area contributed by atoms with Gasteiger partial charge in [0.1, 0.15) is 0 Å². The van der Waals surface area contributed by atoms with Crippen molar-refractivity contribution in [1.29, 1.82) is 0 Å². The smallest absolute Gasteiger partial charge is 0.288 e. The molecule has 0 spiro atoms. The van der Waals surface area contributed by atoms with Gasteiger partial charge in [-0.05, 0) is 30.2 Å².